The van der Waals surface area contributed by atoms with Crippen molar-refractivity contribution in [3.05, 3.63) is 0 Å². The van der Waals surface area contributed by atoms with Crippen LogP contribution in [0.4, 0.5) is 0 Å². The van der Waals surface area contributed by atoms with Crippen LogP contribution in [0.25, 0.3) is 0 Å². The Morgan fingerprint density at radius 3 is 2.64 bits per heavy atom. The maximum absolute atomic E-state index is 9.38. The van der Waals surface area contributed by atoms with Gasteiger partial charge in [0.15, 0.2) is 0 Å². The molecule has 0 spiro atoms. The summed E-state index contributed by atoms with van der Waals surface area (Å²) in [6.45, 7) is 3.86. The third-order valence-corrected chi connectivity index (χ3v) is 2.16. The molecule has 11 heavy (non-hydrogen) atoms. The zero-order chi connectivity index (χ0) is 8.43. The van der Waals surface area contributed by atoms with Crippen LogP contribution in [0.1, 0.15) is 26.7 Å². The summed E-state index contributed by atoms with van der Waals surface area (Å²) < 4.78 is 5.41. The summed E-state index contributed by atoms with van der Waals surface area (Å²) in [6, 6.07) is 0. The van der Waals surface area contributed by atoms with E-state index in [1.54, 1.807) is 0 Å². The minimum atomic E-state index is -0.698. The molecule has 3 nitrogen and oxygen atoms in total. The normalized spacial score (nSPS) is 45.8. The maximum Gasteiger partial charge on any atom is 0.106 e. The topological polar surface area (TPSA) is 49.7 Å². The van der Waals surface area contributed by atoms with Gasteiger partial charge in [0.2, 0.25) is 0 Å². The molecule has 1 aliphatic rings. The van der Waals surface area contributed by atoms with Gasteiger partial charge in [0.05, 0.1) is 18.3 Å². The quantitative estimate of drug-likeness (QED) is 0.580. The summed E-state index contributed by atoms with van der Waals surface area (Å²) in [5, 5.41) is 18.7. The molecule has 4 atom stereocenters. The van der Waals surface area contributed by atoms with E-state index in [0.717, 1.165) is 6.42 Å². The highest BCUT2D eigenvalue weighted by atomic mass is 16.5. The van der Waals surface area contributed by atoms with Crippen LogP contribution in [0.2, 0.25) is 0 Å². The Labute approximate surface area is 67.0 Å². The fourth-order valence-corrected chi connectivity index (χ4v) is 1.50. The van der Waals surface area contributed by atoms with Gasteiger partial charge in [-0.2, -0.15) is 0 Å². The van der Waals surface area contributed by atoms with Gasteiger partial charge in [0, 0.05) is 6.42 Å². The van der Waals surface area contributed by atoms with Crippen molar-refractivity contribution in [2.24, 2.45) is 0 Å². The second kappa shape index (κ2) is 3.52. The zero-order valence-corrected chi connectivity index (χ0v) is 7.03. The number of hydrogen-bond acceptors (Lipinski definition) is 3. The first-order valence-corrected chi connectivity index (χ1v) is 4.16. The lowest BCUT2D eigenvalue weighted by molar-refractivity contribution is -0.163. The fraction of sp³-hybridized carbons (Fsp3) is 1.00. The van der Waals surface area contributed by atoms with Crippen LogP contribution in [-0.4, -0.2) is 34.6 Å². The Hall–Kier alpha value is -0.120. The van der Waals surface area contributed by atoms with Crippen LogP contribution in [0.15, 0.2) is 0 Å². The van der Waals surface area contributed by atoms with Crippen LogP contribution in [0, 0.1) is 0 Å². The van der Waals surface area contributed by atoms with Crippen molar-refractivity contribution >= 4 is 0 Å². The van der Waals surface area contributed by atoms with E-state index < -0.39 is 12.2 Å². The van der Waals surface area contributed by atoms with Gasteiger partial charge in [-0.3, -0.25) is 0 Å². The van der Waals surface area contributed by atoms with E-state index in [4.69, 9.17) is 4.74 Å². The molecule has 0 unspecified atom stereocenters. The van der Waals surface area contributed by atoms with Crippen LogP contribution in [0.5, 0.6) is 0 Å². The average Bonchev–Trinajstić information content (AvgIpc) is 1.96. The lowest BCUT2D eigenvalue weighted by atomic mass is 9.97. The molecular weight excluding hydrogens is 144 g/mol. The van der Waals surface area contributed by atoms with E-state index in [1.165, 1.54) is 0 Å². The molecule has 3 heteroatoms. The smallest absolute Gasteiger partial charge is 0.106 e. The van der Waals surface area contributed by atoms with Crippen LogP contribution in [0.3, 0.4) is 0 Å². The second-order valence-electron chi connectivity index (χ2n) is 3.19. The van der Waals surface area contributed by atoms with E-state index in [2.05, 4.69) is 0 Å². The molecule has 1 aliphatic heterocycles. The van der Waals surface area contributed by atoms with Crippen molar-refractivity contribution in [1.29, 1.82) is 0 Å². The van der Waals surface area contributed by atoms with Gasteiger partial charge in [-0.1, -0.05) is 6.92 Å². The lowest BCUT2D eigenvalue weighted by Gasteiger charge is -2.35. The van der Waals surface area contributed by atoms with Crippen LogP contribution in [-0.2, 0) is 4.74 Å². The van der Waals surface area contributed by atoms with E-state index in [9.17, 15) is 10.2 Å². The number of aliphatic hydroxyl groups is 2. The van der Waals surface area contributed by atoms with Gasteiger partial charge >= 0.3 is 0 Å². The predicted octanol–water partition coefficient (Wildman–Crippen LogP) is 0.296. The van der Waals surface area contributed by atoms with Gasteiger partial charge in [-0.05, 0) is 13.3 Å². The molecule has 0 aliphatic carbocycles. The summed E-state index contributed by atoms with van der Waals surface area (Å²) in [5.41, 5.74) is 0. The van der Waals surface area contributed by atoms with Crippen molar-refractivity contribution in [2.45, 2.75) is 51.1 Å². The first kappa shape index (κ1) is 8.97. The van der Waals surface area contributed by atoms with E-state index >= 15 is 0 Å². The van der Waals surface area contributed by atoms with Gasteiger partial charge < -0.3 is 14.9 Å². The molecule has 1 fully saturated rings. The van der Waals surface area contributed by atoms with Gasteiger partial charge in [0.25, 0.3) is 0 Å². The second-order valence-corrected chi connectivity index (χ2v) is 3.19. The molecule has 0 radical (unpaired) electrons. The Bertz CT molecular complexity index is 127. The number of hydrogen-bond donors (Lipinski definition) is 2. The highest BCUT2D eigenvalue weighted by Crippen LogP contribution is 2.21. The van der Waals surface area contributed by atoms with Crippen molar-refractivity contribution < 1.29 is 14.9 Å². The van der Waals surface area contributed by atoms with E-state index in [1.807, 2.05) is 13.8 Å². The van der Waals surface area contributed by atoms with Crippen LogP contribution < -0.4 is 0 Å². The van der Waals surface area contributed by atoms with Crippen LogP contribution >= 0.6 is 0 Å². The Morgan fingerprint density at radius 2 is 2.09 bits per heavy atom. The Kier molecular flexibility index (Phi) is 2.87. The number of aliphatic hydroxyl groups excluding tert-OH is 2. The Morgan fingerprint density at radius 1 is 1.45 bits per heavy atom. The third-order valence-electron chi connectivity index (χ3n) is 2.16. The number of rotatable bonds is 1. The number of ether oxygens (including phenoxy) is 1. The molecule has 0 saturated carbocycles. The van der Waals surface area contributed by atoms with Gasteiger partial charge in [-0.15, -0.1) is 0 Å². The summed E-state index contributed by atoms with van der Waals surface area (Å²) in [5.74, 6) is 0. The molecular formula is C8H16O3. The van der Waals surface area contributed by atoms with Crippen molar-refractivity contribution in [2.75, 3.05) is 0 Å². The highest BCUT2D eigenvalue weighted by molar-refractivity contribution is 4.82. The summed E-state index contributed by atoms with van der Waals surface area (Å²) in [4.78, 5) is 0. The Balaban J connectivity index is 2.51. The molecule has 1 rings (SSSR count). The monoisotopic (exact) mass is 160 g/mol. The van der Waals surface area contributed by atoms with Gasteiger partial charge in [0.1, 0.15) is 6.10 Å². The molecule has 0 amide bonds. The van der Waals surface area contributed by atoms with E-state index in [0.29, 0.717) is 6.42 Å². The molecule has 1 heterocycles. The first-order valence-electron chi connectivity index (χ1n) is 4.16. The molecule has 1 saturated heterocycles. The van der Waals surface area contributed by atoms with E-state index in [-0.39, 0.29) is 12.2 Å². The summed E-state index contributed by atoms with van der Waals surface area (Å²) in [7, 11) is 0. The SMILES string of the molecule is CC[C@H]1O[C@@H](C)C[C@@H](O)[C@H]1O. The molecule has 0 aromatic rings. The first-order chi connectivity index (χ1) is 5.15. The standard InChI is InChI=1S/C8H16O3/c1-3-7-8(10)6(9)4-5(2)11-7/h5-10H,3-4H2,1-2H3/t5-,6+,7+,8+/m0/s1. The minimum absolute atomic E-state index is 0.0679. The zero-order valence-electron chi connectivity index (χ0n) is 7.03. The fourth-order valence-electron chi connectivity index (χ4n) is 1.50. The predicted molar refractivity (Wildman–Crippen MR) is 41.3 cm³/mol. The summed E-state index contributed by atoms with van der Waals surface area (Å²) >= 11 is 0. The molecule has 66 valence electrons. The van der Waals surface area contributed by atoms with Crippen molar-refractivity contribution in [3.63, 3.8) is 0 Å². The van der Waals surface area contributed by atoms with Crippen molar-refractivity contribution in [1.82, 2.24) is 0 Å². The third kappa shape index (κ3) is 1.92. The molecule has 2 N–H and O–H groups in total. The lowest BCUT2D eigenvalue weighted by Crippen LogP contribution is -2.47. The molecule has 0 aromatic carbocycles. The highest BCUT2D eigenvalue weighted by Gasteiger charge is 2.33. The maximum atomic E-state index is 9.38. The largest absolute Gasteiger partial charge is 0.390 e. The van der Waals surface area contributed by atoms with Gasteiger partial charge in [-0.25, -0.2) is 0 Å². The minimum Gasteiger partial charge on any atom is -0.390 e. The molecule has 0 bridgehead atoms. The van der Waals surface area contributed by atoms with Crippen molar-refractivity contribution in [3.8, 4) is 0 Å². The molecule has 0 aromatic heterocycles. The average molecular weight is 160 g/mol. The summed E-state index contributed by atoms with van der Waals surface area (Å²) in [6.07, 6.45) is -0.132.